The first-order chi connectivity index (χ1) is 8.26. The van der Waals surface area contributed by atoms with Gasteiger partial charge in [0.15, 0.2) is 0 Å². The normalized spacial score (nSPS) is 10.6. The summed E-state index contributed by atoms with van der Waals surface area (Å²) in [6.07, 6.45) is 0. The molecule has 0 aliphatic carbocycles. The highest BCUT2D eigenvalue weighted by molar-refractivity contribution is 5.36. The van der Waals surface area contributed by atoms with Gasteiger partial charge < -0.3 is 19.7 Å². The third-order valence-corrected chi connectivity index (χ3v) is 2.41. The van der Waals surface area contributed by atoms with Gasteiger partial charge in [-0.1, -0.05) is 6.07 Å². The molecule has 5 nitrogen and oxygen atoms in total. The number of likely N-dealkylation sites (N-methyl/N-ethyl adjacent to an activating group) is 1. The zero-order valence-electron chi connectivity index (χ0n) is 10.8. The maximum Gasteiger partial charge on any atom is 0.214 e. The molecule has 0 bridgehead atoms. The van der Waals surface area contributed by atoms with Crippen molar-refractivity contribution in [1.29, 1.82) is 0 Å². The summed E-state index contributed by atoms with van der Waals surface area (Å²) >= 11 is 0. The molecule has 0 aliphatic rings. The van der Waals surface area contributed by atoms with Crippen molar-refractivity contribution in [2.45, 2.75) is 0 Å². The Morgan fingerprint density at radius 1 is 1.29 bits per heavy atom. The SMILES string of the molecule is COCCN(C)CCNc1cccc(OC)n1. The molecule has 1 rings (SSSR count). The lowest BCUT2D eigenvalue weighted by molar-refractivity contribution is 0.163. The summed E-state index contributed by atoms with van der Waals surface area (Å²) in [5.41, 5.74) is 0. The van der Waals surface area contributed by atoms with Crippen LogP contribution in [0.1, 0.15) is 0 Å². The molecule has 96 valence electrons. The molecule has 0 unspecified atom stereocenters. The van der Waals surface area contributed by atoms with Crippen molar-refractivity contribution >= 4 is 5.82 Å². The molecule has 0 aromatic carbocycles. The number of rotatable bonds is 8. The first kappa shape index (κ1) is 13.7. The third-order valence-electron chi connectivity index (χ3n) is 2.41. The maximum absolute atomic E-state index is 5.06. The van der Waals surface area contributed by atoms with E-state index < -0.39 is 0 Å². The number of methoxy groups -OCH3 is 2. The van der Waals surface area contributed by atoms with Gasteiger partial charge in [0.1, 0.15) is 5.82 Å². The van der Waals surface area contributed by atoms with Crippen molar-refractivity contribution < 1.29 is 9.47 Å². The standard InChI is InChI=1S/C12H21N3O2/c1-15(9-10-16-2)8-7-13-11-5-4-6-12(14-11)17-3/h4-6H,7-10H2,1-3H3,(H,13,14). The van der Waals surface area contributed by atoms with E-state index in [-0.39, 0.29) is 0 Å². The van der Waals surface area contributed by atoms with Gasteiger partial charge in [-0.3, -0.25) is 0 Å². The predicted octanol–water partition coefficient (Wildman–Crippen LogP) is 1.08. The Balaban J connectivity index is 2.25. The van der Waals surface area contributed by atoms with E-state index >= 15 is 0 Å². The third kappa shape index (κ3) is 5.51. The van der Waals surface area contributed by atoms with Gasteiger partial charge in [0.2, 0.25) is 5.88 Å². The Hall–Kier alpha value is -1.33. The van der Waals surface area contributed by atoms with E-state index in [0.29, 0.717) is 5.88 Å². The van der Waals surface area contributed by atoms with Crippen molar-refractivity contribution in [3.8, 4) is 5.88 Å². The van der Waals surface area contributed by atoms with Gasteiger partial charge in [0.05, 0.1) is 13.7 Å². The molecule has 0 aliphatic heterocycles. The van der Waals surface area contributed by atoms with Gasteiger partial charge >= 0.3 is 0 Å². The van der Waals surface area contributed by atoms with Gasteiger partial charge in [-0.2, -0.15) is 4.98 Å². The summed E-state index contributed by atoms with van der Waals surface area (Å²) in [6.45, 7) is 3.49. The minimum atomic E-state index is 0.628. The molecular formula is C12H21N3O2. The minimum absolute atomic E-state index is 0.628. The van der Waals surface area contributed by atoms with E-state index in [1.807, 2.05) is 18.2 Å². The van der Waals surface area contributed by atoms with Gasteiger partial charge in [-0.05, 0) is 13.1 Å². The van der Waals surface area contributed by atoms with E-state index in [1.165, 1.54) is 0 Å². The number of hydrogen-bond donors (Lipinski definition) is 1. The molecular weight excluding hydrogens is 218 g/mol. The molecule has 5 heteroatoms. The summed E-state index contributed by atoms with van der Waals surface area (Å²) in [5.74, 6) is 1.47. The quantitative estimate of drug-likeness (QED) is 0.735. The summed E-state index contributed by atoms with van der Waals surface area (Å²) in [4.78, 5) is 6.48. The molecule has 0 fully saturated rings. The van der Waals surface area contributed by atoms with Crippen LogP contribution in [0.5, 0.6) is 5.88 Å². The van der Waals surface area contributed by atoms with Crippen LogP contribution in [0, 0.1) is 0 Å². The zero-order valence-corrected chi connectivity index (χ0v) is 10.8. The van der Waals surface area contributed by atoms with Crippen LogP contribution in [-0.2, 0) is 4.74 Å². The van der Waals surface area contributed by atoms with Gasteiger partial charge in [-0.25, -0.2) is 0 Å². The van der Waals surface area contributed by atoms with Crippen LogP contribution in [-0.4, -0.2) is 57.4 Å². The van der Waals surface area contributed by atoms with Crippen LogP contribution in [0.15, 0.2) is 18.2 Å². The largest absolute Gasteiger partial charge is 0.481 e. The second-order valence-electron chi connectivity index (χ2n) is 3.79. The molecule has 0 amide bonds. The van der Waals surface area contributed by atoms with E-state index in [4.69, 9.17) is 9.47 Å². The predicted molar refractivity (Wildman–Crippen MR) is 68.7 cm³/mol. The molecule has 17 heavy (non-hydrogen) atoms. The van der Waals surface area contributed by atoms with Crippen molar-refractivity contribution in [3.63, 3.8) is 0 Å². The second-order valence-corrected chi connectivity index (χ2v) is 3.79. The van der Waals surface area contributed by atoms with E-state index in [0.717, 1.165) is 32.1 Å². The maximum atomic E-state index is 5.06. The van der Waals surface area contributed by atoms with E-state index in [9.17, 15) is 0 Å². The van der Waals surface area contributed by atoms with E-state index in [1.54, 1.807) is 14.2 Å². The Morgan fingerprint density at radius 3 is 2.82 bits per heavy atom. The molecule has 1 heterocycles. The number of aromatic nitrogens is 1. The first-order valence-electron chi connectivity index (χ1n) is 5.68. The average molecular weight is 239 g/mol. The van der Waals surface area contributed by atoms with Crippen LogP contribution in [0.2, 0.25) is 0 Å². The van der Waals surface area contributed by atoms with Crippen LogP contribution < -0.4 is 10.1 Å². The smallest absolute Gasteiger partial charge is 0.214 e. The fourth-order valence-corrected chi connectivity index (χ4v) is 1.36. The Bertz CT molecular complexity index is 320. The lowest BCUT2D eigenvalue weighted by Crippen LogP contribution is -2.28. The first-order valence-corrected chi connectivity index (χ1v) is 5.68. The van der Waals surface area contributed by atoms with Crippen molar-refractivity contribution in [2.24, 2.45) is 0 Å². The highest BCUT2D eigenvalue weighted by Crippen LogP contribution is 2.09. The fraction of sp³-hybridized carbons (Fsp3) is 0.583. The highest BCUT2D eigenvalue weighted by atomic mass is 16.5. The lowest BCUT2D eigenvalue weighted by atomic mass is 10.4. The summed E-state index contributed by atoms with van der Waals surface area (Å²) < 4.78 is 10.1. The molecule has 0 atom stereocenters. The number of ether oxygens (including phenoxy) is 2. The second kappa shape index (κ2) is 7.86. The Kier molecular flexibility index (Phi) is 6.35. The summed E-state index contributed by atoms with van der Waals surface area (Å²) in [7, 11) is 5.40. The molecule has 1 aromatic heterocycles. The van der Waals surface area contributed by atoms with Crippen molar-refractivity contribution in [1.82, 2.24) is 9.88 Å². The summed E-state index contributed by atoms with van der Waals surface area (Å²) in [5, 5.41) is 3.25. The fourth-order valence-electron chi connectivity index (χ4n) is 1.36. The Labute approximate surface area is 103 Å². The van der Waals surface area contributed by atoms with Crippen LogP contribution in [0.3, 0.4) is 0 Å². The van der Waals surface area contributed by atoms with Gasteiger partial charge in [0.25, 0.3) is 0 Å². The van der Waals surface area contributed by atoms with E-state index in [2.05, 4.69) is 22.2 Å². The number of nitrogens with zero attached hydrogens (tertiary/aromatic N) is 2. The lowest BCUT2D eigenvalue weighted by Gasteiger charge is -2.16. The number of pyridine rings is 1. The topological polar surface area (TPSA) is 46.6 Å². The van der Waals surface area contributed by atoms with Crippen LogP contribution in [0.4, 0.5) is 5.82 Å². The number of anilines is 1. The highest BCUT2D eigenvalue weighted by Gasteiger charge is 1.99. The molecule has 1 N–H and O–H groups in total. The van der Waals surface area contributed by atoms with Crippen molar-refractivity contribution in [2.75, 3.05) is 52.8 Å². The van der Waals surface area contributed by atoms with Crippen molar-refractivity contribution in [3.05, 3.63) is 18.2 Å². The van der Waals surface area contributed by atoms with Gasteiger partial charge in [-0.15, -0.1) is 0 Å². The van der Waals surface area contributed by atoms with Crippen LogP contribution in [0.25, 0.3) is 0 Å². The number of hydrogen-bond acceptors (Lipinski definition) is 5. The monoisotopic (exact) mass is 239 g/mol. The molecule has 0 saturated carbocycles. The minimum Gasteiger partial charge on any atom is -0.481 e. The molecule has 1 aromatic rings. The Morgan fingerprint density at radius 2 is 2.12 bits per heavy atom. The molecule has 0 saturated heterocycles. The average Bonchev–Trinajstić information content (AvgIpc) is 2.36. The summed E-state index contributed by atoms with van der Waals surface area (Å²) in [6, 6.07) is 5.68. The molecule has 0 radical (unpaired) electrons. The van der Waals surface area contributed by atoms with Crippen LogP contribution >= 0.6 is 0 Å². The van der Waals surface area contributed by atoms with Gasteiger partial charge in [0, 0.05) is 32.8 Å². The number of nitrogens with one attached hydrogen (secondary N) is 1. The zero-order chi connectivity index (χ0) is 12.5. The molecule has 0 spiro atoms.